The highest BCUT2D eigenvalue weighted by Crippen LogP contribution is 2.19. The Balaban J connectivity index is 2.61. The molecule has 0 unspecified atom stereocenters. The van der Waals surface area contributed by atoms with E-state index in [1.165, 1.54) is 0 Å². The van der Waals surface area contributed by atoms with E-state index in [0.717, 1.165) is 5.56 Å². The Bertz CT molecular complexity index is 381. The molecule has 86 valence electrons. The highest BCUT2D eigenvalue weighted by Gasteiger charge is 2.31. The number of carboxylic acids is 1. The van der Waals surface area contributed by atoms with Gasteiger partial charge in [-0.05, 0) is 12.0 Å². The summed E-state index contributed by atoms with van der Waals surface area (Å²) in [6.07, 6.45) is 0.280. The zero-order chi connectivity index (χ0) is 12.2. The maximum absolute atomic E-state index is 10.5. The summed E-state index contributed by atoms with van der Waals surface area (Å²) < 4.78 is 0. The van der Waals surface area contributed by atoms with E-state index in [1.54, 1.807) is 0 Å². The minimum absolute atomic E-state index is 0.0951. The fraction of sp³-hybridized carbons (Fsp3) is 0.250. The number of hydrogen-bond donors (Lipinski definition) is 3. The van der Waals surface area contributed by atoms with Crippen LogP contribution in [-0.4, -0.2) is 27.1 Å². The third-order valence-corrected chi connectivity index (χ3v) is 2.35. The summed E-state index contributed by atoms with van der Waals surface area (Å²) in [5, 5.41) is 27.6. The number of aliphatic carboxylic acids is 1. The largest absolute Gasteiger partial charge is 0.478 e. The first kappa shape index (κ1) is 12.4. The van der Waals surface area contributed by atoms with Gasteiger partial charge in [-0.25, -0.2) is 4.79 Å². The van der Waals surface area contributed by atoms with Crippen LogP contribution in [-0.2, 0) is 11.2 Å². The molecule has 0 aliphatic rings. The SMILES string of the molecule is C=C(C(=O)O)C(O)(O)CCc1ccccc1. The van der Waals surface area contributed by atoms with Gasteiger partial charge in [0.25, 0.3) is 0 Å². The molecule has 0 aliphatic heterocycles. The van der Waals surface area contributed by atoms with E-state index in [9.17, 15) is 15.0 Å². The van der Waals surface area contributed by atoms with Crippen LogP contribution in [0.25, 0.3) is 0 Å². The number of aryl methyl sites for hydroxylation is 1. The van der Waals surface area contributed by atoms with Gasteiger partial charge in [-0.2, -0.15) is 0 Å². The van der Waals surface area contributed by atoms with Gasteiger partial charge in [0, 0.05) is 6.42 Å². The molecule has 0 radical (unpaired) electrons. The lowest BCUT2D eigenvalue weighted by Crippen LogP contribution is -2.34. The summed E-state index contributed by atoms with van der Waals surface area (Å²) >= 11 is 0. The highest BCUT2D eigenvalue weighted by molar-refractivity contribution is 5.87. The first-order chi connectivity index (χ1) is 7.43. The molecule has 0 fully saturated rings. The molecule has 0 bridgehead atoms. The van der Waals surface area contributed by atoms with Crippen molar-refractivity contribution in [2.75, 3.05) is 0 Å². The van der Waals surface area contributed by atoms with Crippen molar-refractivity contribution >= 4 is 5.97 Å². The molecule has 3 N–H and O–H groups in total. The molecule has 0 atom stereocenters. The molecule has 0 aromatic heterocycles. The van der Waals surface area contributed by atoms with Crippen molar-refractivity contribution in [2.45, 2.75) is 18.6 Å². The number of carboxylic acid groups (broad SMARTS) is 1. The number of carbonyl (C=O) groups is 1. The molecule has 4 heteroatoms. The second kappa shape index (κ2) is 4.92. The second-order valence-electron chi connectivity index (χ2n) is 3.59. The van der Waals surface area contributed by atoms with Gasteiger partial charge in [-0.3, -0.25) is 0 Å². The van der Waals surface area contributed by atoms with E-state index in [0.29, 0.717) is 6.42 Å². The molecule has 1 rings (SSSR count). The predicted octanol–water partition coefficient (Wildman–Crippen LogP) is 0.941. The van der Waals surface area contributed by atoms with E-state index in [-0.39, 0.29) is 6.42 Å². The molecule has 1 aromatic carbocycles. The number of rotatable bonds is 5. The van der Waals surface area contributed by atoms with Gasteiger partial charge in [0.05, 0.1) is 5.57 Å². The van der Waals surface area contributed by atoms with Crippen molar-refractivity contribution in [3.05, 3.63) is 48.0 Å². The van der Waals surface area contributed by atoms with Crippen molar-refractivity contribution in [3.63, 3.8) is 0 Å². The fourth-order valence-corrected chi connectivity index (χ4v) is 1.29. The number of aliphatic hydroxyl groups is 2. The van der Waals surface area contributed by atoms with Crippen LogP contribution in [0.2, 0.25) is 0 Å². The standard InChI is InChI=1S/C12H14O4/c1-9(11(13)14)12(15,16)8-7-10-5-3-2-4-6-10/h2-6,15-16H,1,7-8H2,(H,13,14). The van der Waals surface area contributed by atoms with Crippen molar-refractivity contribution in [1.29, 1.82) is 0 Å². The molecular formula is C12H14O4. The summed E-state index contributed by atoms with van der Waals surface area (Å²) in [4.78, 5) is 10.5. The van der Waals surface area contributed by atoms with Gasteiger partial charge in [0.2, 0.25) is 0 Å². The fourth-order valence-electron chi connectivity index (χ4n) is 1.29. The van der Waals surface area contributed by atoms with E-state index in [1.807, 2.05) is 30.3 Å². The summed E-state index contributed by atoms with van der Waals surface area (Å²) in [7, 11) is 0. The zero-order valence-corrected chi connectivity index (χ0v) is 8.76. The molecule has 0 saturated heterocycles. The number of benzene rings is 1. The first-order valence-corrected chi connectivity index (χ1v) is 4.85. The van der Waals surface area contributed by atoms with Crippen LogP contribution in [0.5, 0.6) is 0 Å². The molecule has 0 aliphatic carbocycles. The Morgan fingerprint density at radius 1 is 1.25 bits per heavy atom. The molecule has 0 spiro atoms. The average molecular weight is 222 g/mol. The van der Waals surface area contributed by atoms with Crippen LogP contribution in [0, 0.1) is 0 Å². The maximum Gasteiger partial charge on any atom is 0.336 e. The lowest BCUT2D eigenvalue weighted by molar-refractivity contribution is -0.155. The van der Waals surface area contributed by atoms with E-state index in [2.05, 4.69) is 6.58 Å². The second-order valence-corrected chi connectivity index (χ2v) is 3.59. The van der Waals surface area contributed by atoms with Gasteiger partial charge < -0.3 is 15.3 Å². The Kier molecular flexibility index (Phi) is 3.82. The quantitative estimate of drug-likeness (QED) is 0.512. The molecular weight excluding hydrogens is 208 g/mol. The van der Waals surface area contributed by atoms with Gasteiger partial charge in [-0.1, -0.05) is 36.9 Å². The lowest BCUT2D eigenvalue weighted by Gasteiger charge is -2.21. The Morgan fingerprint density at radius 3 is 2.31 bits per heavy atom. The van der Waals surface area contributed by atoms with Crippen molar-refractivity contribution in [2.24, 2.45) is 0 Å². The topological polar surface area (TPSA) is 77.8 Å². The Morgan fingerprint density at radius 2 is 1.81 bits per heavy atom. The molecule has 1 aromatic rings. The Labute approximate surface area is 93.5 Å². The number of hydrogen-bond acceptors (Lipinski definition) is 3. The molecule has 16 heavy (non-hydrogen) atoms. The molecule has 0 heterocycles. The van der Waals surface area contributed by atoms with Crippen LogP contribution in [0.3, 0.4) is 0 Å². The van der Waals surface area contributed by atoms with Crippen LogP contribution in [0.15, 0.2) is 42.5 Å². The van der Waals surface area contributed by atoms with E-state index in [4.69, 9.17) is 5.11 Å². The maximum atomic E-state index is 10.5. The normalized spacial score (nSPS) is 11.1. The molecule has 4 nitrogen and oxygen atoms in total. The lowest BCUT2D eigenvalue weighted by atomic mass is 9.99. The molecule has 0 saturated carbocycles. The predicted molar refractivity (Wildman–Crippen MR) is 58.7 cm³/mol. The molecule has 0 amide bonds. The third-order valence-electron chi connectivity index (χ3n) is 2.35. The summed E-state index contributed by atoms with van der Waals surface area (Å²) in [6, 6.07) is 9.18. The van der Waals surface area contributed by atoms with Gasteiger partial charge in [0.1, 0.15) is 0 Å². The van der Waals surface area contributed by atoms with E-state index >= 15 is 0 Å². The van der Waals surface area contributed by atoms with Crippen molar-refractivity contribution in [3.8, 4) is 0 Å². The summed E-state index contributed by atoms with van der Waals surface area (Å²) in [5.41, 5.74) is 0.302. The van der Waals surface area contributed by atoms with Gasteiger partial charge in [-0.15, -0.1) is 0 Å². The minimum atomic E-state index is -2.36. The average Bonchev–Trinajstić information content (AvgIpc) is 2.27. The van der Waals surface area contributed by atoms with Crippen LogP contribution >= 0.6 is 0 Å². The van der Waals surface area contributed by atoms with Gasteiger partial charge >= 0.3 is 5.97 Å². The van der Waals surface area contributed by atoms with Gasteiger partial charge in [0.15, 0.2) is 5.79 Å². The van der Waals surface area contributed by atoms with Crippen molar-refractivity contribution in [1.82, 2.24) is 0 Å². The van der Waals surface area contributed by atoms with Crippen LogP contribution in [0.4, 0.5) is 0 Å². The van der Waals surface area contributed by atoms with Crippen molar-refractivity contribution < 1.29 is 20.1 Å². The Hall–Kier alpha value is -1.65. The van der Waals surface area contributed by atoms with Crippen LogP contribution < -0.4 is 0 Å². The smallest absolute Gasteiger partial charge is 0.336 e. The summed E-state index contributed by atoms with van der Waals surface area (Å²) in [5.74, 6) is -3.76. The first-order valence-electron chi connectivity index (χ1n) is 4.85. The van der Waals surface area contributed by atoms with E-state index < -0.39 is 17.3 Å². The monoisotopic (exact) mass is 222 g/mol. The minimum Gasteiger partial charge on any atom is -0.478 e. The zero-order valence-electron chi connectivity index (χ0n) is 8.76. The summed E-state index contributed by atoms with van der Waals surface area (Å²) in [6.45, 7) is 3.14. The van der Waals surface area contributed by atoms with Crippen LogP contribution in [0.1, 0.15) is 12.0 Å². The highest BCUT2D eigenvalue weighted by atomic mass is 16.5. The third kappa shape index (κ3) is 3.18.